The van der Waals surface area contributed by atoms with Gasteiger partial charge in [-0.3, -0.25) is 4.79 Å². The van der Waals surface area contributed by atoms with Crippen molar-refractivity contribution in [3.05, 3.63) is 36.2 Å². The number of H-pyrrole nitrogens is 1. The highest BCUT2D eigenvalue weighted by atomic mass is 32.2. The van der Waals surface area contributed by atoms with Crippen molar-refractivity contribution < 1.29 is 22.7 Å². The van der Waals surface area contributed by atoms with Crippen LogP contribution in [0.3, 0.4) is 0 Å². The summed E-state index contributed by atoms with van der Waals surface area (Å²) in [6.07, 6.45) is 3.05. The van der Waals surface area contributed by atoms with Crippen LogP contribution < -0.4 is 14.8 Å². The Labute approximate surface area is 152 Å². The fourth-order valence-corrected chi connectivity index (χ4v) is 4.32. The standard InChI is InChI=1S/C17H21N3O5S/c1-24-13-7-12(8-14(9-13)25-2)19-17(21)16-10-15(11-18-16)26(22,23)20-5-3-4-6-20/h7-11,18H,3-6H2,1-2H3,(H,19,21). The second kappa shape index (κ2) is 7.38. The molecule has 0 saturated carbocycles. The minimum absolute atomic E-state index is 0.0905. The Morgan fingerprint density at radius 2 is 1.69 bits per heavy atom. The quantitative estimate of drug-likeness (QED) is 0.800. The molecule has 26 heavy (non-hydrogen) atoms. The van der Waals surface area contributed by atoms with Gasteiger partial charge in [0.25, 0.3) is 5.91 Å². The van der Waals surface area contributed by atoms with Crippen molar-refractivity contribution in [3.63, 3.8) is 0 Å². The van der Waals surface area contributed by atoms with Crippen LogP contribution in [0.5, 0.6) is 11.5 Å². The number of nitrogens with zero attached hydrogens (tertiary/aromatic N) is 1. The molecule has 1 aromatic heterocycles. The minimum Gasteiger partial charge on any atom is -0.497 e. The van der Waals surface area contributed by atoms with Gasteiger partial charge in [0.2, 0.25) is 10.0 Å². The average Bonchev–Trinajstić information content (AvgIpc) is 3.33. The zero-order valence-electron chi connectivity index (χ0n) is 14.6. The fraction of sp³-hybridized carbons (Fsp3) is 0.353. The van der Waals surface area contributed by atoms with Gasteiger partial charge in [-0.25, -0.2) is 8.42 Å². The highest BCUT2D eigenvalue weighted by molar-refractivity contribution is 7.89. The molecule has 2 N–H and O–H groups in total. The average molecular weight is 379 g/mol. The molecule has 0 bridgehead atoms. The number of benzene rings is 1. The van der Waals surface area contributed by atoms with Crippen LogP contribution in [-0.2, 0) is 10.0 Å². The number of aromatic amines is 1. The van der Waals surface area contributed by atoms with Crippen LogP contribution in [0.1, 0.15) is 23.3 Å². The summed E-state index contributed by atoms with van der Waals surface area (Å²) in [5.74, 6) is 0.607. The molecule has 0 aliphatic carbocycles. The summed E-state index contributed by atoms with van der Waals surface area (Å²) in [6.45, 7) is 1.03. The van der Waals surface area contributed by atoms with E-state index in [-0.39, 0.29) is 10.6 Å². The molecule has 2 heterocycles. The Balaban J connectivity index is 1.78. The van der Waals surface area contributed by atoms with Crippen LogP contribution in [0.25, 0.3) is 0 Å². The maximum Gasteiger partial charge on any atom is 0.272 e. The molecule has 140 valence electrons. The molecular formula is C17H21N3O5S. The number of hydrogen-bond acceptors (Lipinski definition) is 5. The van der Waals surface area contributed by atoms with Gasteiger partial charge in [0, 0.05) is 43.2 Å². The molecule has 0 radical (unpaired) electrons. The maximum atomic E-state index is 12.5. The van der Waals surface area contributed by atoms with Gasteiger partial charge in [-0.15, -0.1) is 0 Å². The molecule has 9 heteroatoms. The summed E-state index contributed by atoms with van der Waals surface area (Å²) in [5, 5.41) is 2.70. The highest BCUT2D eigenvalue weighted by Gasteiger charge is 2.28. The van der Waals surface area contributed by atoms with E-state index < -0.39 is 15.9 Å². The van der Waals surface area contributed by atoms with Gasteiger partial charge >= 0.3 is 0 Å². The number of sulfonamides is 1. The van der Waals surface area contributed by atoms with Crippen molar-refractivity contribution in [3.8, 4) is 11.5 Å². The summed E-state index contributed by atoms with van der Waals surface area (Å²) in [6, 6.07) is 6.32. The third kappa shape index (κ3) is 3.68. The molecule has 1 amide bonds. The Hall–Kier alpha value is -2.52. The summed E-state index contributed by atoms with van der Waals surface area (Å²) in [7, 11) is -0.534. The molecular weight excluding hydrogens is 358 g/mol. The summed E-state index contributed by atoms with van der Waals surface area (Å²) in [4.78, 5) is 15.3. The number of amides is 1. The van der Waals surface area contributed by atoms with Crippen LogP contribution in [0, 0.1) is 0 Å². The molecule has 1 saturated heterocycles. The first-order valence-corrected chi connectivity index (χ1v) is 9.61. The van der Waals surface area contributed by atoms with Gasteiger partial charge in [0.1, 0.15) is 22.1 Å². The summed E-state index contributed by atoms with van der Waals surface area (Å²) < 4.78 is 36.8. The predicted octanol–water partition coefficient (Wildman–Crippen LogP) is 2.07. The van der Waals surface area contributed by atoms with E-state index in [0.717, 1.165) is 12.8 Å². The lowest BCUT2D eigenvalue weighted by Crippen LogP contribution is -2.27. The molecule has 0 unspecified atom stereocenters. The van der Waals surface area contributed by atoms with E-state index in [1.807, 2.05) is 0 Å². The van der Waals surface area contributed by atoms with Crippen LogP contribution >= 0.6 is 0 Å². The van der Waals surface area contributed by atoms with Crippen LogP contribution in [0.2, 0.25) is 0 Å². The first-order chi connectivity index (χ1) is 12.4. The molecule has 0 atom stereocenters. The SMILES string of the molecule is COc1cc(NC(=O)c2cc(S(=O)(=O)N3CCCC3)c[nH]2)cc(OC)c1. The molecule has 1 aromatic carbocycles. The van der Waals surface area contributed by atoms with E-state index in [9.17, 15) is 13.2 Å². The first kappa shape index (κ1) is 18.3. The van der Waals surface area contributed by atoms with Crippen molar-refractivity contribution in [2.45, 2.75) is 17.7 Å². The second-order valence-electron chi connectivity index (χ2n) is 5.92. The number of hydrogen-bond donors (Lipinski definition) is 2. The molecule has 3 rings (SSSR count). The van der Waals surface area contributed by atoms with Gasteiger partial charge in [0.15, 0.2) is 0 Å². The lowest BCUT2D eigenvalue weighted by atomic mass is 10.2. The normalized spacial score (nSPS) is 15.0. The summed E-state index contributed by atoms with van der Waals surface area (Å²) in [5.41, 5.74) is 0.634. The Kier molecular flexibility index (Phi) is 5.19. The number of carbonyl (C=O) groups excluding carboxylic acids is 1. The molecule has 0 spiro atoms. The van der Waals surface area contributed by atoms with Gasteiger partial charge in [-0.05, 0) is 18.9 Å². The van der Waals surface area contributed by atoms with Crippen molar-refractivity contribution in [1.29, 1.82) is 0 Å². The van der Waals surface area contributed by atoms with Gasteiger partial charge < -0.3 is 19.8 Å². The number of carbonyl (C=O) groups is 1. The largest absolute Gasteiger partial charge is 0.497 e. The number of methoxy groups -OCH3 is 2. The lowest BCUT2D eigenvalue weighted by Gasteiger charge is -2.13. The van der Waals surface area contributed by atoms with E-state index in [2.05, 4.69) is 10.3 Å². The van der Waals surface area contributed by atoms with Crippen molar-refractivity contribution in [1.82, 2.24) is 9.29 Å². The Morgan fingerprint density at radius 1 is 1.08 bits per heavy atom. The molecule has 1 aliphatic rings. The smallest absolute Gasteiger partial charge is 0.272 e. The number of rotatable bonds is 6. The topological polar surface area (TPSA) is 101 Å². The van der Waals surface area contributed by atoms with E-state index in [4.69, 9.17) is 9.47 Å². The van der Waals surface area contributed by atoms with Crippen molar-refractivity contribution in [2.24, 2.45) is 0 Å². The second-order valence-corrected chi connectivity index (χ2v) is 7.85. The zero-order chi connectivity index (χ0) is 18.7. The number of anilines is 1. The molecule has 2 aromatic rings. The van der Waals surface area contributed by atoms with Crippen LogP contribution in [-0.4, -0.2) is 50.9 Å². The molecule has 8 nitrogen and oxygen atoms in total. The van der Waals surface area contributed by atoms with E-state index in [1.54, 1.807) is 18.2 Å². The third-order valence-corrected chi connectivity index (χ3v) is 6.09. The zero-order valence-corrected chi connectivity index (χ0v) is 15.4. The summed E-state index contributed by atoms with van der Waals surface area (Å²) >= 11 is 0. The highest BCUT2D eigenvalue weighted by Crippen LogP contribution is 2.26. The number of nitrogens with one attached hydrogen (secondary N) is 2. The first-order valence-electron chi connectivity index (χ1n) is 8.17. The fourth-order valence-electron chi connectivity index (χ4n) is 2.81. The van der Waals surface area contributed by atoms with E-state index in [0.29, 0.717) is 30.3 Å². The van der Waals surface area contributed by atoms with Gasteiger partial charge in [0.05, 0.1) is 14.2 Å². The van der Waals surface area contributed by atoms with Crippen LogP contribution in [0.15, 0.2) is 35.4 Å². The Bertz CT molecular complexity index is 879. The Morgan fingerprint density at radius 3 is 2.27 bits per heavy atom. The third-order valence-electron chi connectivity index (χ3n) is 4.21. The van der Waals surface area contributed by atoms with E-state index >= 15 is 0 Å². The van der Waals surface area contributed by atoms with Crippen molar-refractivity contribution >= 4 is 21.6 Å². The van der Waals surface area contributed by atoms with Crippen molar-refractivity contribution in [2.75, 3.05) is 32.6 Å². The lowest BCUT2D eigenvalue weighted by molar-refractivity contribution is 0.102. The monoisotopic (exact) mass is 379 g/mol. The number of aromatic nitrogens is 1. The molecule has 1 fully saturated rings. The van der Waals surface area contributed by atoms with E-state index in [1.165, 1.54) is 30.8 Å². The minimum atomic E-state index is -3.56. The predicted molar refractivity (Wildman–Crippen MR) is 96.3 cm³/mol. The number of ether oxygens (including phenoxy) is 2. The molecule has 1 aliphatic heterocycles. The van der Waals surface area contributed by atoms with Gasteiger partial charge in [-0.1, -0.05) is 0 Å². The maximum absolute atomic E-state index is 12.5. The van der Waals surface area contributed by atoms with Crippen LogP contribution in [0.4, 0.5) is 5.69 Å². The van der Waals surface area contributed by atoms with Gasteiger partial charge in [-0.2, -0.15) is 4.31 Å².